The van der Waals surface area contributed by atoms with Gasteiger partial charge < -0.3 is 10.5 Å². The topological polar surface area (TPSA) is 64.3 Å². The molecule has 1 rings (SSSR count). The largest absolute Gasteiger partial charge is 0.453 e. The van der Waals surface area contributed by atoms with Crippen molar-refractivity contribution in [1.29, 1.82) is 0 Å². The number of ether oxygens (including phenoxy) is 1. The summed E-state index contributed by atoms with van der Waals surface area (Å²) in [7, 11) is 1.22. The molecular weight excluding hydrogens is 255 g/mol. The summed E-state index contributed by atoms with van der Waals surface area (Å²) in [5.41, 5.74) is 5.91. The summed E-state index contributed by atoms with van der Waals surface area (Å²) in [5.74, 6) is -0.545. The van der Waals surface area contributed by atoms with Gasteiger partial charge in [-0.2, -0.15) is 0 Å². The Morgan fingerprint density at radius 2 is 2.29 bits per heavy atom. The maximum absolute atomic E-state index is 13.1. The Labute approximate surface area is 88.4 Å². The van der Waals surface area contributed by atoms with Gasteiger partial charge in [0, 0.05) is 5.69 Å². The molecule has 1 aromatic rings. The van der Waals surface area contributed by atoms with Crippen LogP contribution in [0.1, 0.15) is 0 Å². The molecule has 1 aromatic carbocycles. The van der Waals surface area contributed by atoms with E-state index >= 15 is 0 Å². The van der Waals surface area contributed by atoms with E-state index in [0.29, 0.717) is 0 Å². The smallest absolute Gasteiger partial charge is 0.411 e. The number of carbonyl (C=O) groups excluding carboxylic acids is 1. The summed E-state index contributed by atoms with van der Waals surface area (Å²) in [6.07, 6.45) is -0.675. The molecule has 0 aromatic heterocycles. The molecule has 0 aliphatic heterocycles. The van der Waals surface area contributed by atoms with Gasteiger partial charge in [-0.25, -0.2) is 9.18 Å². The molecule has 0 saturated heterocycles. The summed E-state index contributed by atoms with van der Waals surface area (Å²) < 4.78 is 17.6. The van der Waals surface area contributed by atoms with Crippen LogP contribution < -0.4 is 11.1 Å². The third-order valence-corrected chi connectivity index (χ3v) is 2.32. The van der Waals surface area contributed by atoms with Crippen LogP contribution in [0.4, 0.5) is 20.6 Å². The lowest BCUT2D eigenvalue weighted by Crippen LogP contribution is -2.11. The number of rotatable bonds is 1. The maximum Gasteiger partial charge on any atom is 0.411 e. The Balaban J connectivity index is 2.95. The molecule has 0 spiro atoms. The first kappa shape index (κ1) is 10.8. The predicted octanol–water partition coefficient (Wildman–Crippen LogP) is 2.35. The quantitative estimate of drug-likeness (QED) is 0.764. The van der Waals surface area contributed by atoms with Crippen LogP contribution in [0.15, 0.2) is 16.6 Å². The fourth-order valence-corrected chi connectivity index (χ4v) is 1.08. The number of amides is 1. The highest BCUT2D eigenvalue weighted by Crippen LogP contribution is 2.26. The van der Waals surface area contributed by atoms with Crippen LogP contribution in [0.3, 0.4) is 0 Å². The number of anilines is 2. The van der Waals surface area contributed by atoms with Gasteiger partial charge in [-0.05, 0) is 28.1 Å². The van der Waals surface area contributed by atoms with E-state index in [4.69, 9.17) is 5.73 Å². The third-order valence-electron chi connectivity index (χ3n) is 1.49. The van der Waals surface area contributed by atoms with Gasteiger partial charge in [0.25, 0.3) is 0 Å². The van der Waals surface area contributed by atoms with Crippen molar-refractivity contribution >= 4 is 33.4 Å². The number of nitrogens with one attached hydrogen (secondary N) is 1. The minimum atomic E-state index is -0.675. The summed E-state index contributed by atoms with van der Waals surface area (Å²) >= 11 is 2.95. The molecular formula is C8H8BrFN2O2. The monoisotopic (exact) mass is 262 g/mol. The number of nitrogen functional groups attached to an aromatic ring is 1. The first-order chi connectivity index (χ1) is 6.54. The first-order valence-electron chi connectivity index (χ1n) is 3.64. The molecule has 0 radical (unpaired) electrons. The molecule has 4 nitrogen and oxygen atoms in total. The average Bonchev–Trinajstić information content (AvgIpc) is 2.14. The standard InChI is InChI=1S/C8H8BrFN2O2/c1-14-8(13)12-4-2-5(10)7(9)6(11)3-4/h2-3H,11H2,1H3,(H,12,13). The molecule has 0 fully saturated rings. The molecule has 1 amide bonds. The number of hydrogen-bond acceptors (Lipinski definition) is 3. The number of nitrogens with two attached hydrogens (primary N) is 1. The summed E-state index contributed by atoms with van der Waals surface area (Å²) in [5, 5.41) is 2.30. The van der Waals surface area contributed by atoms with E-state index in [0.717, 1.165) is 6.07 Å². The van der Waals surface area contributed by atoms with Gasteiger partial charge in [0.05, 0.1) is 17.3 Å². The fraction of sp³-hybridized carbons (Fsp3) is 0.125. The van der Waals surface area contributed by atoms with E-state index < -0.39 is 11.9 Å². The molecule has 0 bridgehead atoms. The van der Waals surface area contributed by atoms with E-state index in [2.05, 4.69) is 26.0 Å². The van der Waals surface area contributed by atoms with E-state index in [1.165, 1.54) is 13.2 Å². The number of benzene rings is 1. The first-order valence-corrected chi connectivity index (χ1v) is 4.43. The second-order valence-corrected chi connectivity index (χ2v) is 3.27. The van der Waals surface area contributed by atoms with Crippen LogP contribution in [0.25, 0.3) is 0 Å². The molecule has 0 aliphatic carbocycles. The SMILES string of the molecule is COC(=O)Nc1cc(N)c(Br)c(F)c1. The Morgan fingerprint density at radius 1 is 1.64 bits per heavy atom. The van der Waals surface area contributed by atoms with Crippen LogP contribution in [0.2, 0.25) is 0 Å². The summed E-state index contributed by atoms with van der Waals surface area (Å²) in [6.45, 7) is 0. The number of hydrogen-bond donors (Lipinski definition) is 2. The second kappa shape index (κ2) is 4.28. The van der Waals surface area contributed by atoms with Crippen LogP contribution in [-0.2, 0) is 4.74 Å². The molecule has 76 valence electrons. The Hall–Kier alpha value is -1.30. The lowest BCUT2D eigenvalue weighted by atomic mass is 10.3. The normalized spacial score (nSPS) is 9.64. The van der Waals surface area contributed by atoms with Gasteiger partial charge in [0.15, 0.2) is 0 Å². The van der Waals surface area contributed by atoms with Crippen LogP contribution in [-0.4, -0.2) is 13.2 Å². The van der Waals surface area contributed by atoms with Crippen LogP contribution >= 0.6 is 15.9 Å². The third kappa shape index (κ3) is 2.35. The number of halogens is 2. The minimum absolute atomic E-state index is 0.174. The van der Waals surface area contributed by atoms with Crippen molar-refractivity contribution in [1.82, 2.24) is 0 Å². The lowest BCUT2D eigenvalue weighted by Gasteiger charge is -2.06. The Morgan fingerprint density at radius 3 is 2.79 bits per heavy atom. The molecule has 14 heavy (non-hydrogen) atoms. The van der Waals surface area contributed by atoms with E-state index in [9.17, 15) is 9.18 Å². The number of carbonyl (C=O) groups is 1. The van der Waals surface area contributed by atoms with Gasteiger partial charge >= 0.3 is 6.09 Å². The van der Waals surface area contributed by atoms with Crippen LogP contribution in [0.5, 0.6) is 0 Å². The van der Waals surface area contributed by atoms with E-state index in [1.807, 2.05) is 0 Å². The highest BCUT2D eigenvalue weighted by molar-refractivity contribution is 9.10. The van der Waals surface area contributed by atoms with Gasteiger partial charge in [-0.15, -0.1) is 0 Å². The molecule has 0 saturated carbocycles. The van der Waals surface area contributed by atoms with Crippen molar-refractivity contribution in [2.24, 2.45) is 0 Å². The predicted molar refractivity (Wildman–Crippen MR) is 54.5 cm³/mol. The summed E-state index contributed by atoms with van der Waals surface area (Å²) in [4.78, 5) is 10.8. The van der Waals surface area contributed by atoms with Crippen molar-refractivity contribution in [2.45, 2.75) is 0 Å². The van der Waals surface area contributed by atoms with E-state index in [-0.39, 0.29) is 15.8 Å². The minimum Gasteiger partial charge on any atom is -0.453 e. The molecule has 0 unspecified atom stereocenters. The molecule has 3 N–H and O–H groups in total. The Bertz CT molecular complexity index is 347. The molecule has 0 heterocycles. The fourth-order valence-electron chi connectivity index (χ4n) is 0.851. The van der Waals surface area contributed by atoms with Gasteiger partial charge in [0.2, 0.25) is 0 Å². The molecule has 6 heteroatoms. The highest BCUT2D eigenvalue weighted by atomic mass is 79.9. The molecule has 0 atom stereocenters. The second-order valence-electron chi connectivity index (χ2n) is 2.48. The van der Waals surface area contributed by atoms with Crippen molar-refractivity contribution < 1.29 is 13.9 Å². The van der Waals surface area contributed by atoms with E-state index in [1.54, 1.807) is 0 Å². The number of methoxy groups -OCH3 is 1. The molecule has 0 aliphatic rings. The van der Waals surface area contributed by atoms with Crippen LogP contribution in [0, 0.1) is 5.82 Å². The van der Waals surface area contributed by atoms with Crippen molar-refractivity contribution in [2.75, 3.05) is 18.2 Å². The van der Waals surface area contributed by atoms with Crippen molar-refractivity contribution in [3.8, 4) is 0 Å². The average molecular weight is 263 g/mol. The zero-order chi connectivity index (χ0) is 10.7. The maximum atomic E-state index is 13.1. The zero-order valence-corrected chi connectivity index (χ0v) is 8.89. The van der Waals surface area contributed by atoms with Crippen molar-refractivity contribution in [3.05, 3.63) is 22.4 Å². The van der Waals surface area contributed by atoms with Crippen molar-refractivity contribution in [3.63, 3.8) is 0 Å². The van der Waals surface area contributed by atoms with Gasteiger partial charge in [-0.3, -0.25) is 5.32 Å². The van der Waals surface area contributed by atoms with Gasteiger partial charge in [-0.1, -0.05) is 0 Å². The highest BCUT2D eigenvalue weighted by Gasteiger charge is 2.07. The Kier molecular flexibility index (Phi) is 3.29. The lowest BCUT2D eigenvalue weighted by molar-refractivity contribution is 0.187. The van der Waals surface area contributed by atoms with Gasteiger partial charge in [0.1, 0.15) is 5.82 Å². The summed E-state index contributed by atoms with van der Waals surface area (Å²) in [6, 6.07) is 2.56. The zero-order valence-electron chi connectivity index (χ0n) is 7.30.